The van der Waals surface area contributed by atoms with Crippen molar-refractivity contribution in [1.82, 2.24) is 4.98 Å². The molecule has 0 aliphatic heterocycles. The number of nitrogens with one attached hydrogen (secondary N) is 2. The first-order valence-corrected chi connectivity index (χ1v) is 10.7. The summed E-state index contributed by atoms with van der Waals surface area (Å²) in [4.78, 5) is 25.6. The smallest absolute Gasteiger partial charge is 0.178 e. The van der Waals surface area contributed by atoms with Crippen LogP contribution in [0.15, 0.2) is 64.8 Å². The van der Waals surface area contributed by atoms with Crippen LogP contribution in [0.2, 0.25) is 0 Å². The molecule has 5 nitrogen and oxygen atoms in total. The molecule has 0 saturated heterocycles. The van der Waals surface area contributed by atoms with Gasteiger partial charge in [0.2, 0.25) is 0 Å². The van der Waals surface area contributed by atoms with E-state index in [2.05, 4.69) is 57.0 Å². The van der Waals surface area contributed by atoms with Gasteiger partial charge in [0.15, 0.2) is 11.6 Å². The largest absolute Gasteiger partial charge is 0.304 e. The average Bonchev–Trinajstić information content (AvgIpc) is 2.71. The number of hydrogen-bond acceptors (Lipinski definition) is 5. The molecule has 1 aromatic heterocycles. The Morgan fingerprint density at radius 3 is 1.36 bits per heavy atom. The SMILES string of the molecule is CC(=O)c1cccc(C(C)=O)n1.CC1=CC(C)C(=N)C(C)=C1.CC1=CC(C)C(=N)C(C)=C1.[Fe]. The van der Waals surface area contributed by atoms with Gasteiger partial charge in [-0.1, -0.05) is 55.4 Å². The molecular formula is C27H35FeN3O2. The quantitative estimate of drug-likeness (QED) is 0.363. The molecule has 178 valence electrons. The van der Waals surface area contributed by atoms with Crippen LogP contribution >= 0.6 is 0 Å². The minimum Gasteiger partial charge on any atom is -0.304 e. The van der Waals surface area contributed by atoms with Crippen molar-refractivity contribution < 1.29 is 26.7 Å². The number of nitrogens with zero attached hydrogens (tertiary/aromatic N) is 1. The van der Waals surface area contributed by atoms with Crippen LogP contribution < -0.4 is 0 Å². The molecule has 0 fully saturated rings. The number of hydrogen-bond donors (Lipinski definition) is 2. The van der Waals surface area contributed by atoms with Crippen LogP contribution in [0.3, 0.4) is 0 Å². The van der Waals surface area contributed by atoms with Crippen molar-refractivity contribution in [2.45, 2.75) is 55.4 Å². The third-order valence-electron chi connectivity index (χ3n) is 5.15. The molecule has 2 N–H and O–H groups in total. The standard InChI is InChI=1S/C9H9NO2.2C9H13N.Fe/c1-6(11)8-4-3-5-9(10-8)7(2)12;2*1-6-4-7(2)9(10)8(3)5-6;/h3-5H,1-2H3;2*4-5,7,10H,1-3H3;. The molecule has 6 heteroatoms. The van der Waals surface area contributed by atoms with Crippen LogP contribution in [0.5, 0.6) is 0 Å². The maximum Gasteiger partial charge on any atom is 0.178 e. The maximum atomic E-state index is 10.8. The van der Waals surface area contributed by atoms with Crippen LogP contribution in [0.1, 0.15) is 76.4 Å². The van der Waals surface area contributed by atoms with E-state index in [-0.39, 0.29) is 28.6 Å². The number of allylic oxidation sites excluding steroid dienone is 8. The minimum atomic E-state index is -0.127. The molecule has 0 radical (unpaired) electrons. The summed E-state index contributed by atoms with van der Waals surface area (Å²) in [6, 6.07) is 4.84. The molecule has 2 aliphatic carbocycles. The molecular weight excluding hydrogens is 454 g/mol. The van der Waals surface area contributed by atoms with E-state index in [1.54, 1.807) is 18.2 Å². The topological polar surface area (TPSA) is 94.7 Å². The Bertz CT molecular complexity index is 966. The second-order valence-electron chi connectivity index (χ2n) is 8.40. The molecule has 1 heterocycles. The van der Waals surface area contributed by atoms with Crippen LogP contribution in [-0.2, 0) is 17.1 Å². The van der Waals surface area contributed by atoms with Crippen molar-refractivity contribution in [3.05, 3.63) is 76.2 Å². The first-order chi connectivity index (χ1) is 14.8. The van der Waals surface area contributed by atoms with Gasteiger partial charge in [-0.3, -0.25) is 9.59 Å². The fourth-order valence-electron chi connectivity index (χ4n) is 3.44. The second kappa shape index (κ2) is 13.8. The van der Waals surface area contributed by atoms with E-state index in [1.165, 1.54) is 25.0 Å². The van der Waals surface area contributed by atoms with Gasteiger partial charge in [0.05, 0.1) is 0 Å². The Hall–Kier alpha value is -2.69. The van der Waals surface area contributed by atoms with Crippen molar-refractivity contribution in [2.75, 3.05) is 0 Å². The normalized spacial score (nSPS) is 19.2. The Morgan fingerprint density at radius 1 is 0.758 bits per heavy atom. The molecule has 3 rings (SSSR count). The van der Waals surface area contributed by atoms with Crippen molar-refractivity contribution in [1.29, 1.82) is 10.8 Å². The van der Waals surface area contributed by atoms with Gasteiger partial charge in [0.25, 0.3) is 0 Å². The summed E-state index contributed by atoms with van der Waals surface area (Å²) >= 11 is 0. The van der Waals surface area contributed by atoms with E-state index in [4.69, 9.17) is 10.8 Å². The van der Waals surface area contributed by atoms with Gasteiger partial charge in [0.1, 0.15) is 11.4 Å². The van der Waals surface area contributed by atoms with Gasteiger partial charge in [-0.15, -0.1) is 0 Å². The zero-order chi connectivity index (χ0) is 24.6. The molecule has 2 atom stereocenters. The van der Waals surface area contributed by atoms with E-state index in [0.29, 0.717) is 23.2 Å². The van der Waals surface area contributed by atoms with E-state index in [1.807, 2.05) is 13.8 Å². The molecule has 1 aromatic rings. The van der Waals surface area contributed by atoms with Gasteiger partial charge in [-0.2, -0.15) is 0 Å². The van der Waals surface area contributed by atoms with Gasteiger partial charge in [0, 0.05) is 54.2 Å². The van der Waals surface area contributed by atoms with Crippen LogP contribution in [-0.4, -0.2) is 28.0 Å². The molecule has 2 aliphatic rings. The van der Waals surface area contributed by atoms with Gasteiger partial charge < -0.3 is 10.8 Å². The Kier molecular flexibility index (Phi) is 12.6. The minimum absolute atomic E-state index is 0. The van der Waals surface area contributed by atoms with Gasteiger partial charge in [-0.05, 0) is 51.0 Å². The summed E-state index contributed by atoms with van der Waals surface area (Å²) < 4.78 is 0. The number of rotatable bonds is 2. The zero-order valence-electron chi connectivity index (χ0n) is 20.8. The molecule has 0 aromatic carbocycles. The van der Waals surface area contributed by atoms with Gasteiger partial charge >= 0.3 is 0 Å². The van der Waals surface area contributed by atoms with Crippen LogP contribution in [0.4, 0.5) is 0 Å². The molecule has 0 spiro atoms. The predicted molar refractivity (Wildman–Crippen MR) is 133 cm³/mol. The monoisotopic (exact) mass is 489 g/mol. The summed E-state index contributed by atoms with van der Waals surface area (Å²) in [5.41, 5.74) is 6.95. The fourth-order valence-corrected chi connectivity index (χ4v) is 3.44. The fraction of sp³-hybridized carbons (Fsp3) is 0.370. The molecule has 0 bridgehead atoms. The van der Waals surface area contributed by atoms with E-state index in [9.17, 15) is 9.59 Å². The number of pyridine rings is 1. The summed E-state index contributed by atoms with van der Waals surface area (Å²) in [6.45, 7) is 15.1. The first-order valence-electron chi connectivity index (χ1n) is 10.7. The van der Waals surface area contributed by atoms with Crippen LogP contribution in [0.25, 0.3) is 0 Å². The van der Waals surface area contributed by atoms with Gasteiger partial charge in [-0.25, -0.2) is 4.98 Å². The Balaban J connectivity index is 0.000000461. The van der Waals surface area contributed by atoms with E-state index in [0.717, 1.165) is 22.6 Å². The number of aromatic nitrogens is 1. The summed E-state index contributed by atoms with van der Waals surface area (Å²) in [7, 11) is 0. The number of Topliss-reactive ketones (excluding diaryl/α,β-unsaturated/α-hetero) is 2. The summed E-state index contributed by atoms with van der Waals surface area (Å²) in [5.74, 6) is 0.367. The summed E-state index contributed by atoms with van der Waals surface area (Å²) in [5, 5.41) is 15.2. The molecule has 0 saturated carbocycles. The third-order valence-corrected chi connectivity index (χ3v) is 5.15. The Labute approximate surface area is 208 Å². The zero-order valence-corrected chi connectivity index (χ0v) is 21.9. The molecule has 2 unspecified atom stereocenters. The molecule has 33 heavy (non-hydrogen) atoms. The summed E-state index contributed by atoms with van der Waals surface area (Å²) in [6.07, 6.45) is 8.36. The van der Waals surface area contributed by atoms with Crippen molar-refractivity contribution in [3.63, 3.8) is 0 Å². The number of ketones is 2. The van der Waals surface area contributed by atoms with Crippen molar-refractivity contribution >= 4 is 23.0 Å². The van der Waals surface area contributed by atoms with Crippen molar-refractivity contribution in [3.8, 4) is 0 Å². The van der Waals surface area contributed by atoms with Crippen LogP contribution in [0, 0.1) is 22.7 Å². The van der Waals surface area contributed by atoms with E-state index >= 15 is 0 Å². The number of carbonyl (C=O) groups excluding carboxylic acids is 2. The first kappa shape index (κ1) is 30.3. The third kappa shape index (κ3) is 9.77. The van der Waals surface area contributed by atoms with E-state index < -0.39 is 0 Å². The second-order valence-corrected chi connectivity index (χ2v) is 8.40. The predicted octanol–water partition coefficient (Wildman–Crippen LogP) is 6.58. The average molecular weight is 489 g/mol. The number of carbonyl (C=O) groups is 2. The Morgan fingerprint density at radius 2 is 1.09 bits per heavy atom. The van der Waals surface area contributed by atoms with Crippen molar-refractivity contribution in [2.24, 2.45) is 11.8 Å². The molecule has 0 amide bonds. The maximum absolute atomic E-state index is 10.8.